The number of carboxylic acid groups (broad SMARTS) is 1. The van der Waals surface area contributed by atoms with Crippen molar-refractivity contribution in [2.75, 3.05) is 0 Å². The highest BCUT2D eigenvalue weighted by Gasteiger charge is 2.12. The number of hydrogen-bond donors (Lipinski definition) is 1. The summed E-state index contributed by atoms with van der Waals surface area (Å²) in [6, 6.07) is 6.90. The minimum atomic E-state index is -1.18. The number of aromatic carboxylic acids is 1. The van der Waals surface area contributed by atoms with Crippen LogP contribution < -0.4 is 4.74 Å². The summed E-state index contributed by atoms with van der Waals surface area (Å²) in [6.45, 7) is -0.103. The quantitative estimate of drug-likeness (QED) is 0.925. The highest BCUT2D eigenvalue weighted by Crippen LogP contribution is 2.28. The topological polar surface area (TPSA) is 59.7 Å². The van der Waals surface area contributed by atoms with Gasteiger partial charge in [-0.2, -0.15) is 0 Å². The van der Waals surface area contributed by atoms with Crippen molar-refractivity contribution in [3.63, 3.8) is 0 Å². The Kier molecular flexibility index (Phi) is 3.53. The molecule has 1 aromatic heterocycles. The van der Waals surface area contributed by atoms with Gasteiger partial charge < -0.3 is 14.3 Å². The van der Waals surface area contributed by atoms with E-state index in [1.807, 2.05) is 0 Å². The van der Waals surface area contributed by atoms with E-state index in [0.717, 1.165) is 0 Å². The molecule has 0 saturated heterocycles. The standard InChI is InChI=1S/C12H8ClFO4/c13-8-2-1-3-9(14)11(8)17-6-7-4-5-10(18-7)12(15)16/h1-5H,6H2,(H,15,16). The van der Waals surface area contributed by atoms with Gasteiger partial charge in [0, 0.05) is 0 Å². The molecule has 1 heterocycles. The van der Waals surface area contributed by atoms with E-state index in [9.17, 15) is 9.18 Å². The minimum Gasteiger partial charge on any atom is -0.481 e. The second kappa shape index (κ2) is 5.10. The Hall–Kier alpha value is -2.01. The van der Waals surface area contributed by atoms with E-state index >= 15 is 0 Å². The molecule has 2 aromatic rings. The van der Waals surface area contributed by atoms with Gasteiger partial charge in [0.25, 0.3) is 0 Å². The summed E-state index contributed by atoms with van der Waals surface area (Å²) >= 11 is 5.76. The lowest BCUT2D eigenvalue weighted by molar-refractivity contribution is 0.0658. The molecular formula is C12H8ClFO4. The molecule has 0 aliphatic carbocycles. The Bertz CT molecular complexity index is 559. The highest BCUT2D eigenvalue weighted by atomic mass is 35.5. The summed E-state index contributed by atoms with van der Waals surface area (Å²) in [4.78, 5) is 10.6. The lowest BCUT2D eigenvalue weighted by Gasteiger charge is -2.06. The van der Waals surface area contributed by atoms with Gasteiger partial charge in [-0.15, -0.1) is 0 Å². The molecule has 0 spiro atoms. The van der Waals surface area contributed by atoms with Crippen LogP contribution in [0.5, 0.6) is 5.75 Å². The molecule has 1 N–H and O–H groups in total. The van der Waals surface area contributed by atoms with Crippen LogP contribution in [0.2, 0.25) is 5.02 Å². The highest BCUT2D eigenvalue weighted by molar-refractivity contribution is 6.32. The maximum absolute atomic E-state index is 13.4. The average Bonchev–Trinajstić information content (AvgIpc) is 2.77. The normalized spacial score (nSPS) is 10.3. The van der Waals surface area contributed by atoms with E-state index in [-0.39, 0.29) is 28.9 Å². The van der Waals surface area contributed by atoms with Crippen molar-refractivity contribution in [1.29, 1.82) is 0 Å². The first-order valence-corrected chi connectivity index (χ1v) is 5.34. The lowest BCUT2D eigenvalue weighted by Crippen LogP contribution is -1.97. The second-order valence-electron chi connectivity index (χ2n) is 3.41. The predicted octanol–water partition coefficient (Wildman–Crippen LogP) is 3.35. The summed E-state index contributed by atoms with van der Waals surface area (Å²) in [5, 5.41) is 8.79. The van der Waals surface area contributed by atoms with Gasteiger partial charge in [-0.25, -0.2) is 9.18 Å². The van der Waals surface area contributed by atoms with E-state index in [2.05, 4.69) is 0 Å². The van der Waals surface area contributed by atoms with Crippen LogP contribution in [0.15, 0.2) is 34.7 Å². The smallest absolute Gasteiger partial charge is 0.371 e. The first-order chi connectivity index (χ1) is 8.58. The van der Waals surface area contributed by atoms with Crippen LogP contribution in [0.25, 0.3) is 0 Å². The Balaban J connectivity index is 2.09. The third kappa shape index (κ3) is 2.62. The molecule has 1 aromatic carbocycles. The number of hydrogen-bond acceptors (Lipinski definition) is 3. The number of para-hydroxylation sites is 1. The summed E-state index contributed by atoms with van der Waals surface area (Å²) < 4.78 is 23.5. The van der Waals surface area contributed by atoms with Crippen molar-refractivity contribution in [3.05, 3.63) is 52.7 Å². The van der Waals surface area contributed by atoms with Gasteiger partial charge in [-0.1, -0.05) is 17.7 Å². The molecule has 2 rings (SSSR count). The van der Waals surface area contributed by atoms with Gasteiger partial charge in [-0.3, -0.25) is 0 Å². The molecule has 0 unspecified atom stereocenters. The molecule has 4 nitrogen and oxygen atoms in total. The number of ether oxygens (including phenoxy) is 1. The monoisotopic (exact) mass is 270 g/mol. The van der Waals surface area contributed by atoms with Gasteiger partial charge >= 0.3 is 5.97 Å². The number of rotatable bonds is 4. The Morgan fingerprint density at radius 1 is 1.39 bits per heavy atom. The average molecular weight is 271 g/mol. The molecular weight excluding hydrogens is 263 g/mol. The molecule has 94 valence electrons. The van der Waals surface area contributed by atoms with Crippen LogP contribution in [0.3, 0.4) is 0 Å². The zero-order valence-corrected chi connectivity index (χ0v) is 9.78. The Morgan fingerprint density at radius 2 is 2.17 bits per heavy atom. The van der Waals surface area contributed by atoms with Crippen molar-refractivity contribution in [3.8, 4) is 5.75 Å². The maximum atomic E-state index is 13.4. The molecule has 6 heteroatoms. The van der Waals surface area contributed by atoms with Gasteiger partial charge in [0.05, 0.1) is 5.02 Å². The molecule has 0 aliphatic rings. The van der Waals surface area contributed by atoms with Crippen LogP contribution in [0.1, 0.15) is 16.3 Å². The SMILES string of the molecule is O=C(O)c1ccc(COc2c(F)cccc2Cl)o1. The van der Waals surface area contributed by atoms with Crippen molar-refractivity contribution in [2.45, 2.75) is 6.61 Å². The number of benzene rings is 1. The van der Waals surface area contributed by atoms with E-state index < -0.39 is 11.8 Å². The fourth-order valence-corrected chi connectivity index (χ4v) is 1.55. The zero-order valence-electron chi connectivity index (χ0n) is 9.02. The van der Waals surface area contributed by atoms with Crippen molar-refractivity contribution < 1.29 is 23.4 Å². The zero-order chi connectivity index (χ0) is 13.1. The molecule has 0 radical (unpaired) electrons. The van der Waals surface area contributed by atoms with Crippen LogP contribution in [-0.4, -0.2) is 11.1 Å². The van der Waals surface area contributed by atoms with Crippen molar-refractivity contribution in [1.82, 2.24) is 0 Å². The van der Waals surface area contributed by atoms with E-state index in [4.69, 9.17) is 25.9 Å². The largest absolute Gasteiger partial charge is 0.481 e. The van der Waals surface area contributed by atoms with Gasteiger partial charge in [-0.05, 0) is 24.3 Å². The summed E-state index contributed by atoms with van der Waals surface area (Å²) in [5.41, 5.74) is 0. The predicted molar refractivity (Wildman–Crippen MR) is 61.4 cm³/mol. The van der Waals surface area contributed by atoms with Crippen molar-refractivity contribution in [2.24, 2.45) is 0 Å². The summed E-state index contributed by atoms with van der Waals surface area (Å²) in [7, 11) is 0. The van der Waals surface area contributed by atoms with Gasteiger partial charge in [0.2, 0.25) is 5.76 Å². The first-order valence-electron chi connectivity index (χ1n) is 4.96. The second-order valence-corrected chi connectivity index (χ2v) is 3.82. The Labute approximate surface area is 107 Å². The van der Waals surface area contributed by atoms with Crippen LogP contribution >= 0.6 is 11.6 Å². The van der Waals surface area contributed by atoms with Crippen LogP contribution in [0.4, 0.5) is 4.39 Å². The fourth-order valence-electron chi connectivity index (χ4n) is 1.33. The lowest BCUT2D eigenvalue weighted by atomic mass is 10.3. The number of carboxylic acids is 1. The number of halogens is 2. The summed E-state index contributed by atoms with van der Waals surface area (Å²) in [6.07, 6.45) is 0. The Morgan fingerprint density at radius 3 is 2.78 bits per heavy atom. The van der Waals surface area contributed by atoms with Crippen LogP contribution in [0, 0.1) is 5.82 Å². The molecule has 0 aliphatic heterocycles. The molecule has 0 saturated carbocycles. The third-order valence-electron chi connectivity index (χ3n) is 2.15. The van der Waals surface area contributed by atoms with E-state index in [1.165, 1.54) is 30.3 Å². The maximum Gasteiger partial charge on any atom is 0.371 e. The molecule has 0 atom stereocenters. The van der Waals surface area contributed by atoms with Crippen molar-refractivity contribution >= 4 is 17.6 Å². The minimum absolute atomic E-state index is 0.0903. The third-order valence-corrected chi connectivity index (χ3v) is 2.45. The number of carbonyl (C=O) groups is 1. The van der Waals surface area contributed by atoms with Gasteiger partial charge in [0.1, 0.15) is 12.4 Å². The molecule has 18 heavy (non-hydrogen) atoms. The fraction of sp³-hybridized carbons (Fsp3) is 0.0833. The molecule has 0 bridgehead atoms. The molecule has 0 amide bonds. The van der Waals surface area contributed by atoms with Gasteiger partial charge in [0.15, 0.2) is 11.6 Å². The van der Waals surface area contributed by atoms with E-state index in [0.29, 0.717) is 0 Å². The number of furan rings is 1. The summed E-state index contributed by atoms with van der Waals surface area (Å²) in [5.74, 6) is -1.79. The molecule has 0 fully saturated rings. The first kappa shape index (κ1) is 12.4. The van der Waals surface area contributed by atoms with E-state index in [1.54, 1.807) is 0 Å². The van der Waals surface area contributed by atoms with Crippen LogP contribution in [-0.2, 0) is 6.61 Å².